The zero-order chi connectivity index (χ0) is 16.2. The molecule has 3 heteroatoms. The van der Waals surface area contributed by atoms with Crippen LogP contribution in [-0.4, -0.2) is 5.78 Å². The number of ketones is 1. The van der Waals surface area contributed by atoms with Crippen LogP contribution in [0.4, 0.5) is 0 Å². The Hall–Kier alpha value is -0.856. The summed E-state index contributed by atoms with van der Waals surface area (Å²) in [6.45, 7) is 4.64. The molecule has 0 aliphatic heterocycles. The molecular weight excluding hydrogens is 371 g/mol. The summed E-state index contributed by atoms with van der Waals surface area (Å²) in [4.78, 5) is 12.5. The summed E-state index contributed by atoms with van der Waals surface area (Å²) in [6, 6.07) is 10.5. The van der Waals surface area contributed by atoms with Crippen LogP contribution >= 0.6 is 0 Å². The Kier molecular flexibility index (Phi) is 7.31. The Labute approximate surface area is 170 Å². The second-order valence-corrected chi connectivity index (χ2v) is 6.88. The summed E-state index contributed by atoms with van der Waals surface area (Å²) in [6.07, 6.45) is 9.98. The molecule has 2 nitrogen and oxygen atoms in total. The topological polar surface area (TPSA) is 20.9 Å². The normalized spacial score (nSPS) is 14.4. The van der Waals surface area contributed by atoms with Gasteiger partial charge in [-0.05, 0) is 55.4 Å². The number of Topliss-reactive ketones (excluding diaryl/α,β-unsaturated/α-hetero) is 1. The molecule has 1 radical (unpaired) electrons. The number of benzene rings is 1. The number of hydrogen-bond donors (Lipinski definition) is 0. The largest absolute Gasteiger partial charge is 0.292 e. The van der Waals surface area contributed by atoms with Crippen LogP contribution in [0.25, 0.3) is 0 Å². The van der Waals surface area contributed by atoms with E-state index >= 15 is 0 Å². The molecule has 1 fully saturated rings. The average Bonchev–Trinajstić information content (AvgIpc) is 3.06. The molecule has 0 spiro atoms. The van der Waals surface area contributed by atoms with Crippen LogP contribution in [0.15, 0.2) is 42.7 Å². The van der Waals surface area contributed by atoms with Crippen LogP contribution in [0, 0.1) is 13.8 Å². The Morgan fingerprint density at radius 3 is 2.42 bits per heavy atom. The fourth-order valence-corrected chi connectivity index (χ4v) is 3.73. The van der Waals surface area contributed by atoms with E-state index in [9.17, 15) is 4.79 Å². The zero-order valence-electron chi connectivity index (χ0n) is 14.8. The molecule has 1 aliphatic carbocycles. The van der Waals surface area contributed by atoms with Gasteiger partial charge in [0.1, 0.15) is 0 Å². The average molecular weight is 397 g/mol. The molecule has 1 aromatic heterocycles. The monoisotopic (exact) mass is 397 g/mol. The van der Waals surface area contributed by atoms with E-state index in [1.54, 1.807) is 0 Å². The van der Waals surface area contributed by atoms with Crippen molar-refractivity contribution in [2.24, 2.45) is 0 Å². The summed E-state index contributed by atoms with van der Waals surface area (Å²) in [7, 11) is 0. The standard InChI is InChI=1S/C21H26NO.Y/c1-16-7-5-8-17(2)21(16)13-20(23)15-22-12-6-11-19(14-22)18-9-3-4-10-18;/h5-8,11-12,14,18H,3-4,9-10,13,15H2,1-2H3;/q+1;. The first-order chi connectivity index (χ1) is 11.1. The summed E-state index contributed by atoms with van der Waals surface area (Å²) in [5, 5.41) is 0. The maximum atomic E-state index is 12.5. The minimum Gasteiger partial charge on any atom is -0.292 e. The van der Waals surface area contributed by atoms with Gasteiger partial charge in [0.05, 0.1) is 0 Å². The van der Waals surface area contributed by atoms with E-state index in [-0.39, 0.29) is 38.5 Å². The third kappa shape index (κ3) is 4.83. The summed E-state index contributed by atoms with van der Waals surface area (Å²) in [5.41, 5.74) is 5.00. The van der Waals surface area contributed by atoms with E-state index < -0.39 is 0 Å². The molecular formula is C21H26NOY+. The van der Waals surface area contributed by atoms with E-state index in [0.717, 1.165) is 0 Å². The maximum Gasteiger partial charge on any atom is 0.206 e. The van der Waals surface area contributed by atoms with Crippen molar-refractivity contribution in [1.82, 2.24) is 0 Å². The Morgan fingerprint density at radius 2 is 1.75 bits per heavy atom. The van der Waals surface area contributed by atoms with Gasteiger partial charge in [-0.2, -0.15) is 4.57 Å². The molecule has 0 atom stereocenters. The number of carbonyl (C=O) groups excluding carboxylic acids is 1. The number of aryl methyl sites for hydroxylation is 2. The molecule has 1 aromatic carbocycles. The van der Waals surface area contributed by atoms with E-state index in [0.29, 0.717) is 18.9 Å². The predicted octanol–water partition coefficient (Wildman–Crippen LogP) is 4.06. The fraction of sp³-hybridized carbons (Fsp3) is 0.429. The Balaban J connectivity index is 0.00000208. The molecule has 0 unspecified atom stereocenters. The first-order valence-corrected chi connectivity index (χ1v) is 8.69. The van der Waals surface area contributed by atoms with Crippen molar-refractivity contribution >= 4 is 5.78 Å². The van der Waals surface area contributed by atoms with Crippen LogP contribution in [0.5, 0.6) is 0 Å². The minimum atomic E-state index is 0. The van der Waals surface area contributed by atoms with Crippen molar-refractivity contribution in [2.75, 3.05) is 0 Å². The van der Waals surface area contributed by atoms with Gasteiger partial charge in [0.15, 0.2) is 12.4 Å². The molecule has 1 saturated carbocycles. The molecule has 0 bridgehead atoms. The molecule has 24 heavy (non-hydrogen) atoms. The van der Waals surface area contributed by atoms with Gasteiger partial charge in [0.2, 0.25) is 12.3 Å². The van der Waals surface area contributed by atoms with Gasteiger partial charge in [0.25, 0.3) is 0 Å². The summed E-state index contributed by atoms with van der Waals surface area (Å²) >= 11 is 0. The summed E-state index contributed by atoms with van der Waals surface area (Å²) in [5.74, 6) is 0.965. The molecule has 3 rings (SSSR count). The second-order valence-electron chi connectivity index (χ2n) is 6.88. The zero-order valence-corrected chi connectivity index (χ0v) is 17.6. The fourth-order valence-electron chi connectivity index (χ4n) is 3.73. The number of pyridine rings is 1. The molecule has 2 aromatic rings. The number of carbonyl (C=O) groups is 1. The quantitative estimate of drug-likeness (QED) is 0.698. The molecule has 0 amide bonds. The number of aromatic nitrogens is 1. The van der Waals surface area contributed by atoms with Gasteiger partial charge in [-0.15, -0.1) is 0 Å². The van der Waals surface area contributed by atoms with Crippen LogP contribution < -0.4 is 4.57 Å². The van der Waals surface area contributed by atoms with E-state index in [2.05, 4.69) is 54.9 Å². The molecule has 1 heterocycles. The molecule has 1 aliphatic rings. The van der Waals surface area contributed by atoms with Crippen molar-refractivity contribution in [3.63, 3.8) is 0 Å². The Morgan fingerprint density at radius 1 is 1.08 bits per heavy atom. The van der Waals surface area contributed by atoms with Gasteiger partial charge in [-0.1, -0.05) is 31.0 Å². The van der Waals surface area contributed by atoms with Gasteiger partial charge < -0.3 is 0 Å². The van der Waals surface area contributed by atoms with Gasteiger partial charge in [-0.25, -0.2) is 0 Å². The van der Waals surface area contributed by atoms with E-state index in [4.69, 9.17) is 0 Å². The first-order valence-electron chi connectivity index (χ1n) is 8.69. The van der Waals surface area contributed by atoms with E-state index in [1.807, 2.05) is 6.20 Å². The van der Waals surface area contributed by atoms with Crippen molar-refractivity contribution in [2.45, 2.75) is 58.4 Å². The van der Waals surface area contributed by atoms with Crippen molar-refractivity contribution in [3.8, 4) is 0 Å². The Bertz CT molecular complexity index is 684. The third-order valence-corrected chi connectivity index (χ3v) is 5.09. The van der Waals surface area contributed by atoms with Crippen LogP contribution in [0.1, 0.15) is 53.9 Å². The third-order valence-electron chi connectivity index (χ3n) is 5.09. The predicted molar refractivity (Wildman–Crippen MR) is 92.5 cm³/mol. The first kappa shape index (κ1) is 19.5. The number of hydrogen-bond acceptors (Lipinski definition) is 1. The molecule has 0 saturated heterocycles. The smallest absolute Gasteiger partial charge is 0.206 e. The van der Waals surface area contributed by atoms with E-state index in [1.165, 1.54) is 47.9 Å². The summed E-state index contributed by atoms with van der Waals surface area (Å²) < 4.78 is 2.06. The van der Waals surface area contributed by atoms with Gasteiger partial charge in [0, 0.05) is 50.8 Å². The SMILES string of the molecule is Cc1cccc(C)c1CC(=O)C[n+]1cccc(C2CCCC2)c1.[Y]. The number of nitrogens with zero attached hydrogens (tertiary/aromatic N) is 1. The van der Waals surface area contributed by atoms with Crippen molar-refractivity contribution < 1.29 is 42.1 Å². The van der Waals surface area contributed by atoms with Crippen LogP contribution in [0.3, 0.4) is 0 Å². The van der Waals surface area contributed by atoms with Crippen molar-refractivity contribution in [1.29, 1.82) is 0 Å². The van der Waals surface area contributed by atoms with Gasteiger partial charge in [-0.3, -0.25) is 4.79 Å². The molecule has 0 N–H and O–H groups in total. The minimum absolute atomic E-state index is 0. The molecule has 123 valence electrons. The number of rotatable bonds is 5. The maximum absolute atomic E-state index is 12.5. The van der Waals surface area contributed by atoms with Crippen molar-refractivity contribution in [3.05, 3.63) is 65.0 Å². The van der Waals surface area contributed by atoms with Crippen LogP contribution in [0.2, 0.25) is 0 Å². The van der Waals surface area contributed by atoms with Crippen LogP contribution in [-0.2, 0) is 50.5 Å². The second kappa shape index (κ2) is 9.01. The van der Waals surface area contributed by atoms with Gasteiger partial charge >= 0.3 is 0 Å².